The molecule has 0 saturated heterocycles. The van der Waals surface area contributed by atoms with Gasteiger partial charge in [0.15, 0.2) is 0 Å². The van der Waals surface area contributed by atoms with Gasteiger partial charge < -0.3 is 5.32 Å². The molecule has 0 aromatic heterocycles. The Balaban J connectivity index is 1.76. The number of rotatable bonds is 3. The van der Waals surface area contributed by atoms with Gasteiger partial charge in [-0.3, -0.25) is 0 Å². The maximum Gasteiger partial charge on any atom is 0.0346 e. The molecule has 0 bridgehead atoms. The summed E-state index contributed by atoms with van der Waals surface area (Å²) >= 11 is 0. The van der Waals surface area contributed by atoms with Gasteiger partial charge in [0.25, 0.3) is 0 Å². The van der Waals surface area contributed by atoms with Crippen LogP contribution in [0.1, 0.15) is 19.3 Å². The Bertz CT molecular complexity index is 486. The summed E-state index contributed by atoms with van der Waals surface area (Å²) in [6.07, 6.45) is 4.23. The van der Waals surface area contributed by atoms with Crippen LogP contribution in [-0.2, 0) is 0 Å². The fourth-order valence-corrected chi connectivity index (χ4v) is 2.26. The van der Waals surface area contributed by atoms with Gasteiger partial charge in [0, 0.05) is 12.2 Å². The molecule has 0 unspecified atom stereocenters. The highest BCUT2D eigenvalue weighted by atomic mass is 14.9. The topological polar surface area (TPSA) is 12.0 Å². The van der Waals surface area contributed by atoms with Gasteiger partial charge in [-0.1, -0.05) is 36.8 Å². The molecule has 1 aliphatic carbocycles. The van der Waals surface area contributed by atoms with Crippen LogP contribution in [0.5, 0.6) is 0 Å². The molecule has 0 amide bonds. The second-order valence-electron chi connectivity index (χ2n) is 4.74. The molecule has 0 radical (unpaired) electrons. The van der Waals surface area contributed by atoms with E-state index in [2.05, 4.69) is 47.8 Å². The first-order valence-corrected chi connectivity index (χ1v) is 6.14. The summed E-state index contributed by atoms with van der Waals surface area (Å²) in [5, 5.41) is 6.18. The van der Waals surface area contributed by atoms with E-state index >= 15 is 0 Å². The van der Waals surface area contributed by atoms with Crippen LogP contribution in [0.2, 0.25) is 0 Å². The van der Waals surface area contributed by atoms with Crippen molar-refractivity contribution in [2.75, 3.05) is 11.9 Å². The highest BCUT2D eigenvalue weighted by molar-refractivity contribution is 5.85. The van der Waals surface area contributed by atoms with Crippen LogP contribution in [0.4, 0.5) is 5.69 Å². The van der Waals surface area contributed by atoms with Crippen molar-refractivity contribution in [2.24, 2.45) is 5.92 Å². The number of anilines is 1. The Kier molecular flexibility index (Phi) is 2.53. The third-order valence-corrected chi connectivity index (χ3v) is 3.57. The van der Waals surface area contributed by atoms with Gasteiger partial charge in [-0.15, -0.1) is 0 Å². The first kappa shape index (κ1) is 9.71. The molecule has 1 nitrogen and oxygen atoms in total. The zero-order chi connectivity index (χ0) is 10.8. The van der Waals surface area contributed by atoms with Gasteiger partial charge in [0.1, 0.15) is 0 Å². The normalized spacial score (nSPS) is 16.0. The molecule has 1 heteroatoms. The molecule has 1 N–H and O–H groups in total. The van der Waals surface area contributed by atoms with E-state index in [0.29, 0.717) is 0 Å². The molecule has 82 valence electrons. The smallest absolute Gasteiger partial charge is 0.0346 e. The first-order chi connectivity index (χ1) is 7.92. The SMILES string of the molecule is c1ccc2cc(NCC3CCC3)ccc2c1. The lowest BCUT2D eigenvalue weighted by molar-refractivity contribution is 0.333. The Morgan fingerprint density at radius 2 is 1.81 bits per heavy atom. The van der Waals surface area contributed by atoms with Crippen molar-refractivity contribution >= 4 is 16.5 Å². The van der Waals surface area contributed by atoms with Crippen LogP contribution in [0.3, 0.4) is 0 Å². The fourth-order valence-electron chi connectivity index (χ4n) is 2.26. The highest BCUT2D eigenvalue weighted by Gasteiger charge is 2.16. The maximum atomic E-state index is 3.54. The van der Waals surface area contributed by atoms with Crippen molar-refractivity contribution < 1.29 is 0 Å². The van der Waals surface area contributed by atoms with Crippen LogP contribution in [0, 0.1) is 5.92 Å². The van der Waals surface area contributed by atoms with Crippen molar-refractivity contribution in [2.45, 2.75) is 19.3 Å². The molecule has 16 heavy (non-hydrogen) atoms. The summed E-state index contributed by atoms with van der Waals surface area (Å²) in [5.41, 5.74) is 1.26. The monoisotopic (exact) mass is 211 g/mol. The molecule has 1 saturated carbocycles. The predicted molar refractivity (Wildman–Crippen MR) is 69.8 cm³/mol. The number of hydrogen-bond donors (Lipinski definition) is 1. The summed E-state index contributed by atoms with van der Waals surface area (Å²) in [6.45, 7) is 1.14. The number of fused-ring (bicyclic) bond motifs is 1. The molecule has 0 heterocycles. The van der Waals surface area contributed by atoms with Crippen molar-refractivity contribution in [3.63, 3.8) is 0 Å². The molecule has 0 atom stereocenters. The zero-order valence-corrected chi connectivity index (χ0v) is 9.45. The van der Waals surface area contributed by atoms with E-state index < -0.39 is 0 Å². The fraction of sp³-hybridized carbons (Fsp3) is 0.333. The zero-order valence-electron chi connectivity index (χ0n) is 9.45. The second kappa shape index (κ2) is 4.17. The molecular weight excluding hydrogens is 194 g/mol. The Labute approximate surface area is 96.5 Å². The van der Waals surface area contributed by atoms with Gasteiger partial charge in [-0.25, -0.2) is 0 Å². The van der Waals surface area contributed by atoms with E-state index in [1.165, 1.54) is 35.7 Å². The summed E-state index contributed by atoms with van der Waals surface area (Å²) < 4.78 is 0. The first-order valence-electron chi connectivity index (χ1n) is 6.14. The van der Waals surface area contributed by atoms with Gasteiger partial charge in [-0.05, 0) is 41.7 Å². The third kappa shape index (κ3) is 1.90. The molecule has 2 aromatic rings. The Morgan fingerprint density at radius 1 is 1.00 bits per heavy atom. The minimum Gasteiger partial charge on any atom is -0.385 e. The maximum absolute atomic E-state index is 3.54. The van der Waals surface area contributed by atoms with Crippen LogP contribution >= 0.6 is 0 Å². The van der Waals surface area contributed by atoms with E-state index in [1.807, 2.05) is 0 Å². The average molecular weight is 211 g/mol. The lowest BCUT2D eigenvalue weighted by Crippen LogP contribution is -2.20. The lowest BCUT2D eigenvalue weighted by atomic mass is 9.85. The van der Waals surface area contributed by atoms with E-state index in [4.69, 9.17) is 0 Å². The molecule has 0 spiro atoms. The molecule has 1 fully saturated rings. The van der Waals surface area contributed by atoms with E-state index in [9.17, 15) is 0 Å². The molecular formula is C15H17N. The summed E-state index contributed by atoms with van der Waals surface area (Å²) in [4.78, 5) is 0. The van der Waals surface area contributed by atoms with Crippen molar-refractivity contribution in [3.8, 4) is 0 Å². The van der Waals surface area contributed by atoms with Gasteiger partial charge >= 0.3 is 0 Å². The quantitative estimate of drug-likeness (QED) is 0.807. The minimum absolute atomic E-state index is 0.909. The molecule has 3 rings (SSSR count). The summed E-state index contributed by atoms with van der Waals surface area (Å²) in [6, 6.07) is 15.1. The van der Waals surface area contributed by atoms with Gasteiger partial charge in [-0.2, -0.15) is 0 Å². The van der Waals surface area contributed by atoms with Crippen LogP contribution < -0.4 is 5.32 Å². The number of hydrogen-bond acceptors (Lipinski definition) is 1. The lowest BCUT2D eigenvalue weighted by Gasteiger charge is -2.25. The largest absolute Gasteiger partial charge is 0.385 e. The van der Waals surface area contributed by atoms with Crippen molar-refractivity contribution in [3.05, 3.63) is 42.5 Å². The summed E-state index contributed by atoms with van der Waals surface area (Å²) in [5.74, 6) is 0.909. The summed E-state index contributed by atoms with van der Waals surface area (Å²) in [7, 11) is 0. The van der Waals surface area contributed by atoms with E-state index in [0.717, 1.165) is 12.5 Å². The minimum atomic E-state index is 0.909. The van der Waals surface area contributed by atoms with Crippen molar-refractivity contribution in [1.82, 2.24) is 0 Å². The Hall–Kier alpha value is -1.50. The standard InChI is InChI=1S/C15H17N/c1-2-7-14-10-15(9-8-13(14)6-1)16-11-12-4-3-5-12/h1-2,6-10,12,16H,3-5,11H2. The van der Waals surface area contributed by atoms with Gasteiger partial charge in [0.2, 0.25) is 0 Å². The average Bonchev–Trinajstić information content (AvgIpc) is 2.27. The number of benzene rings is 2. The van der Waals surface area contributed by atoms with Crippen LogP contribution in [-0.4, -0.2) is 6.54 Å². The van der Waals surface area contributed by atoms with Gasteiger partial charge in [0.05, 0.1) is 0 Å². The second-order valence-corrected chi connectivity index (χ2v) is 4.74. The highest BCUT2D eigenvalue weighted by Crippen LogP contribution is 2.27. The molecule has 1 aliphatic rings. The Morgan fingerprint density at radius 3 is 2.56 bits per heavy atom. The van der Waals surface area contributed by atoms with Crippen LogP contribution in [0.25, 0.3) is 10.8 Å². The predicted octanol–water partition coefficient (Wildman–Crippen LogP) is 4.05. The third-order valence-electron chi connectivity index (χ3n) is 3.57. The van der Waals surface area contributed by atoms with Crippen molar-refractivity contribution in [1.29, 1.82) is 0 Å². The molecule has 2 aromatic carbocycles. The van der Waals surface area contributed by atoms with E-state index in [1.54, 1.807) is 0 Å². The number of nitrogens with one attached hydrogen (secondary N) is 1. The van der Waals surface area contributed by atoms with E-state index in [-0.39, 0.29) is 0 Å². The molecule has 0 aliphatic heterocycles. The van der Waals surface area contributed by atoms with Crippen LogP contribution in [0.15, 0.2) is 42.5 Å².